The molecule has 0 saturated heterocycles. The van der Waals surface area contributed by atoms with Gasteiger partial charge in [0.15, 0.2) is 0 Å². The zero-order valence-corrected chi connectivity index (χ0v) is 15.4. The van der Waals surface area contributed by atoms with Crippen LogP contribution in [0.1, 0.15) is 108 Å². The maximum Gasteiger partial charge on any atom is 0.0294 e. The zero-order valence-electron chi connectivity index (χ0n) is 15.4. The number of unbranched alkanes of at least 4 members (excludes halogenated alkanes) is 12. The fraction of sp³-hybridized carbons (Fsp3) is 0.727. The van der Waals surface area contributed by atoms with Gasteiger partial charge in [-0.25, -0.2) is 0 Å². The van der Waals surface area contributed by atoms with E-state index in [1.54, 1.807) is 0 Å². The van der Waals surface area contributed by atoms with E-state index in [1.165, 1.54) is 89.0 Å². The van der Waals surface area contributed by atoms with Crippen LogP contribution in [0.25, 0.3) is 0 Å². The summed E-state index contributed by atoms with van der Waals surface area (Å²) in [5.41, 5.74) is 7.52. The van der Waals surface area contributed by atoms with E-state index in [0.717, 1.165) is 6.42 Å². The molecule has 0 aliphatic rings. The van der Waals surface area contributed by atoms with Crippen molar-refractivity contribution in [3.8, 4) is 0 Å². The van der Waals surface area contributed by atoms with E-state index in [-0.39, 0.29) is 6.04 Å². The zero-order chi connectivity index (χ0) is 16.6. The standard InChI is InChI=1S/C22H39N/c1-2-3-4-5-6-7-8-9-10-11-12-13-17-20-22(23)21-18-15-14-16-19-21/h14-16,18-19,22H,2-13,17,20,23H2,1H3. The molecule has 132 valence electrons. The van der Waals surface area contributed by atoms with Gasteiger partial charge in [0.2, 0.25) is 0 Å². The van der Waals surface area contributed by atoms with Crippen molar-refractivity contribution < 1.29 is 0 Å². The van der Waals surface area contributed by atoms with Crippen LogP contribution in [0.4, 0.5) is 0 Å². The van der Waals surface area contributed by atoms with Crippen molar-refractivity contribution in [2.24, 2.45) is 5.73 Å². The average molecular weight is 318 g/mol. The number of hydrogen-bond acceptors (Lipinski definition) is 1. The molecular weight excluding hydrogens is 278 g/mol. The molecule has 0 spiro atoms. The summed E-state index contributed by atoms with van der Waals surface area (Å²) >= 11 is 0. The lowest BCUT2D eigenvalue weighted by atomic mass is 10.00. The van der Waals surface area contributed by atoms with Crippen LogP contribution in [0.3, 0.4) is 0 Å². The first-order valence-corrected chi connectivity index (χ1v) is 10.1. The third-order valence-electron chi connectivity index (χ3n) is 4.85. The molecule has 0 saturated carbocycles. The van der Waals surface area contributed by atoms with Crippen molar-refractivity contribution in [2.45, 2.75) is 103 Å². The molecule has 0 aromatic heterocycles. The fourth-order valence-electron chi connectivity index (χ4n) is 3.25. The minimum absolute atomic E-state index is 0.226. The molecule has 1 rings (SSSR count). The molecule has 0 bridgehead atoms. The molecule has 0 aliphatic carbocycles. The first kappa shape index (κ1) is 20.2. The number of benzene rings is 1. The second kappa shape index (κ2) is 14.8. The molecule has 0 heterocycles. The van der Waals surface area contributed by atoms with Crippen LogP contribution < -0.4 is 5.73 Å². The predicted molar refractivity (Wildman–Crippen MR) is 104 cm³/mol. The maximum absolute atomic E-state index is 6.23. The van der Waals surface area contributed by atoms with Gasteiger partial charge >= 0.3 is 0 Å². The fourth-order valence-corrected chi connectivity index (χ4v) is 3.25. The van der Waals surface area contributed by atoms with E-state index in [9.17, 15) is 0 Å². The maximum atomic E-state index is 6.23. The number of nitrogens with two attached hydrogens (primary N) is 1. The summed E-state index contributed by atoms with van der Waals surface area (Å²) in [5, 5.41) is 0. The van der Waals surface area contributed by atoms with Gasteiger partial charge in [0.1, 0.15) is 0 Å². The highest BCUT2D eigenvalue weighted by Gasteiger charge is 2.04. The van der Waals surface area contributed by atoms with Gasteiger partial charge in [0, 0.05) is 6.04 Å². The van der Waals surface area contributed by atoms with Crippen LogP contribution >= 0.6 is 0 Å². The van der Waals surface area contributed by atoms with E-state index in [1.807, 2.05) is 0 Å². The highest BCUT2D eigenvalue weighted by molar-refractivity contribution is 5.18. The lowest BCUT2D eigenvalue weighted by Gasteiger charge is -2.11. The van der Waals surface area contributed by atoms with Crippen LogP contribution in [-0.4, -0.2) is 0 Å². The van der Waals surface area contributed by atoms with Gasteiger partial charge in [-0.3, -0.25) is 0 Å². The second-order valence-electron chi connectivity index (χ2n) is 7.05. The Morgan fingerprint density at radius 2 is 1.09 bits per heavy atom. The number of rotatable bonds is 15. The molecular formula is C22H39N. The summed E-state index contributed by atoms with van der Waals surface area (Å²) in [7, 11) is 0. The third-order valence-corrected chi connectivity index (χ3v) is 4.85. The normalized spacial score (nSPS) is 12.4. The lowest BCUT2D eigenvalue weighted by molar-refractivity contribution is 0.522. The second-order valence-corrected chi connectivity index (χ2v) is 7.05. The third kappa shape index (κ3) is 11.4. The van der Waals surface area contributed by atoms with Crippen molar-refractivity contribution in [1.82, 2.24) is 0 Å². The van der Waals surface area contributed by atoms with E-state index in [2.05, 4.69) is 37.3 Å². The van der Waals surface area contributed by atoms with Crippen molar-refractivity contribution in [3.63, 3.8) is 0 Å². The molecule has 1 heteroatoms. The molecule has 0 radical (unpaired) electrons. The summed E-state index contributed by atoms with van der Waals surface area (Å²) in [6.07, 6.45) is 19.5. The Balaban J connectivity index is 1.81. The van der Waals surface area contributed by atoms with Gasteiger partial charge in [0.05, 0.1) is 0 Å². The summed E-state index contributed by atoms with van der Waals surface area (Å²) in [4.78, 5) is 0. The highest BCUT2D eigenvalue weighted by Crippen LogP contribution is 2.18. The highest BCUT2D eigenvalue weighted by atomic mass is 14.6. The molecule has 1 nitrogen and oxygen atoms in total. The Labute approximate surface area is 145 Å². The van der Waals surface area contributed by atoms with E-state index in [0.29, 0.717) is 0 Å². The van der Waals surface area contributed by atoms with Crippen LogP contribution in [0.2, 0.25) is 0 Å². The molecule has 1 unspecified atom stereocenters. The smallest absolute Gasteiger partial charge is 0.0294 e. The Bertz CT molecular complexity index is 346. The van der Waals surface area contributed by atoms with Gasteiger partial charge in [-0.1, -0.05) is 121 Å². The lowest BCUT2D eigenvalue weighted by Crippen LogP contribution is -2.09. The molecule has 1 atom stereocenters. The minimum Gasteiger partial charge on any atom is -0.324 e. The van der Waals surface area contributed by atoms with Crippen molar-refractivity contribution in [2.75, 3.05) is 0 Å². The Morgan fingerprint density at radius 3 is 1.57 bits per heavy atom. The quantitative estimate of drug-likeness (QED) is 0.341. The SMILES string of the molecule is CCCCCCCCCCCCCCCC(N)c1ccccc1. The van der Waals surface area contributed by atoms with Gasteiger partial charge < -0.3 is 5.73 Å². The Morgan fingerprint density at radius 1 is 0.652 bits per heavy atom. The van der Waals surface area contributed by atoms with Gasteiger partial charge in [0.25, 0.3) is 0 Å². The molecule has 0 aliphatic heterocycles. The van der Waals surface area contributed by atoms with E-state index in [4.69, 9.17) is 5.73 Å². The number of hydrogen-bond donors (Lipinski definition) is 1. The van der Waals surface area contributed by atoms with Crippen molar-refractivity contribution in [3.05, 3.63) is 35.9 Å². The summed E-state index contributed by atoms with van der Waals surface area (Å²) in [6, 6.07) is 10.7. The van der Waals surface area contributed by atoms with E-state index < -0.39 is 0 Å². The van der Waals surface area contributed by atoms with E-state index >= 15 is 0 Å². The molecule has 0 fully saturated rings. The van der Waals surface area contributed by atoms with Crippen LogP contribution in [0, 0.1) is 0 Å². The molecule has 2 N–H and O–H groups in total. The molecule has 1 aromatic rings. The summed E-state index contributed by atoms with van der Waals surface area (Å²) < 4.78 is 0. The summed E-state index contributed by atoms with van der Waals surface area (Å²) in [6.45, 7) is 2.29. The molecule has 1 aromatic carbocycles. The minimum atomic E-state index is 0.226. The average Bonchev–Trinajstić information content (AvgIpc) is 2.59. The monoisotopic (exact) mass is 317 g/mol. The topological polar surface area (TPSA) is 26.0 Å². The van der Waals surface area contributed by atoms with Crippen LogP contribution in [0.15, 0.2) is 30.3 Å². The van der Waals surface area contributed by atoms with Crippen LogP contribution in [0.5, 0.6) is 0 Å². The van der Waals surface area contributed by atoms with Crippen molar-refractivity contribution >= 4 is 0 Å². The van der Waals surface area contributed by atoms with Gasteiger partial charge in [-0.15, -0.1) is 0 Å². The molecule has 23 heavy (non-hydrogen) atoms. The Kier molecular flexibility index (Phi) is 13.0. The Hall–Kier alpha value is -0.820. The predicted octanol–water partition coefficient (Wildman–Crippen LogP) is 7.17. The first-order valence-electron chi connectivity index (χ1n) is 10.1. The first-order chi connectivity index (χ1) is 11.3. The van der Waals surface area contributed by atoms with Crippen LogP contribution in [-0.2, 0) is 0 Å². The summed E-state index contributed by atoms with van der Waals surface area (Å²) in [5.74, 6) is 0. The van der Waals surface area contributed by atoms with Gasteiger partial charge in [-0.05, 0) is 12.0 Å². The van der Waals surface area contributed by atoms with Crippen molar-refractivity contribution in [1.29, 1.82) is 0 Å². The largest absolute Gasteiger partial charge is 0.324 e. The molecule has 0 amide bonds. The van der Waals surface area contributed by atoms with Gasteiger partial charge in [-0.2, -0.15) is 0 Å².